The predicted molar refractivity (Wildman–Crippen MR) is 75.2 cm³/mol. The molecule has 0 aliphatic carbocycles. The first-order valence-corrected chi connectivity index (χ1v) is 7.26. The largest absolute Gasteiger partial charge is 0.488 e. The van der Waals surface area contributed by atoms with Gasteiger partial charge in [-0.3, -0.25) is 0 Å². The zero-order chi connectivity index (χ0) is 16.1. The summed E-state index contributed by atoms with van der Waals surface area (Å²) in [5.74, 6) is -0.191. The fraction of sp³-hybridized carbons (Fsp3) is 0.417. The Balaban J connectivity index is 2.54. The summed E-state index contributed by atoms with van der Waals surface area (Å²) in [5.41, 5.74) is -0.101. The summed E-state index contributed by atoms with van der Waals surface area (Å²) in [4.78, 5) is 11.6. The summed E-state index contributed by atoms with van der Waals surface area (Å²) in [7, 11) is -3.52. The Hall–Kier alpha value is -1.87. The standard InChI is InChI=1S/C12H17FN2O5S/c1-12(2,19-3)8-14-11(16)15-9-4-6-10(7-5-9)20-21(13,17)18/h4-7H,8H2,1-3H3,(H2,14,15,16). The maximum absolute atomic E-state index is 12.3. The van der Waals surface area contributed by atoms with Gasteiger partial charge in [0.15, 0.2) is 0 Å². The highest BCUT2D eigenvalue weighted by Gasteiger charge is 2.17. The first-order chi connectivity index (χ1) is 9.61. The maximum atomic E-state index is 12.3. The van der Waals surface area contributed by atoms with Crippen LogP contribution in [-0.4, -0.2) is 33.7 Å². The van der Waals surface area contributed by atoms with E-state index in [4.69, 9.17) is 4.74 Å². The van der Waals surface area contributed by atoms with Gasteiger partial charge in [-0.2, -0.15) is 8.42 Å². The van der Waals surface area contributed by atoms with Crippen molar-refractivity contribution in [1.82, 2.24) is 5.32 Å². The maximum Gasteiger partial charge on any atom is 0.488 e. The van der Waals surface area contributed by atoms with Crippen molar-refractivity contribution in [1.29, 1.82) is 0 Å². The minimum absolute atomic E-state index is 0.191. The van der Waals surface area contributed by atoms with E-state index in [1.165, 1.54) is 31.4 Å². The first-order valence-electron chi connectivity index (χ1n) is 5.95. The summed E-state index contributed by atoms with van der Waals surface area (Å²) >= 11 is 0. The summed E-state index contributed by atoms with van der Waals surface area (Å²) in [6.45, 7) is 3.93. The molecule has 0 saturated carbocycles. The number of ether oxygens (including phenoxy) is 1. The number of methoxy groups -OCH3 is 1. The third-order valence-corrected chi connectivity index (χ3v) is 2.93. The molecule has 0 saturated heterocycles. The molecule has 118 valence electrons. The molecule has 0 atom stereocenters. The van der Waals surface area contributed by atoms with E-state index >= 15 is 0 Å². The van der Waals surface area contributed by atoms with Gasteiger partial charge in [-0.25, -0.2) is 4.79 Å². The van der Waals surface area contributed by atoms with Gasteiger partial charge in [0.05, 0.1) is 5.60 Å². The van der Waals surface area contributed by atoms with Gasteiger partial charge in [-0.05, 0) is 38.1 Å². The number of carbonyl (C=O) groups excluding carboxylic acids is 1. The number of halogens is 1. The van der Waals surface area contributed by atoms with Crippen molar-refractivity contribution in [3.63, 3.8) is 0 Å². The Morgan fingerprint density at radius 1 is 1.29 bits per heavy atom. The Labute approximate surface area is 122 Å². The number of benzene rings is 1. The van der Waals surface area contributed by atoms with E-state index in [1.807, 2.05) is 13.8 Å². The summed E-state index contributed by atoms with van der Waals surface area (Å²) in [6, 6.07) is 4.73. The molecule has 2 amide bonds. The topological polar surface area (TPSA) is 93.7 Å². The predicted octanol–water partition coefficient (Wildman–Crippen LogP) is 1.83. The molecule has 0 heterocycles. The normalized spacial score (nSPS) is 11.8. The molecule has 0 radical (unpaired) electrons. The van der Waals surface area contributed by atoms with Gasteiger partial charge in [0.1, 0.15) is 5.75 Å². The van der Waals surface area contributed by atoms with Crippen LogP contribution < -0.4 is 14.8 Å². The minimum Gasteiger partial charge on any atom is -0.377 e. The molecular formula is C12H17FN2O5S. The van der Waals surface area contributed by atoms with Crippen LogP contribution in [0.15, 0.2) is 24.3 Å². The SMILES string of the molecule is COC(C)(C)CNC(=O)Nc1ccc(OS(=O)(=O)F)cc1. The van der Waals surface area contributed by atoms with Gasteiger partial charge in [0.25, 0.3) is 0 Å². The van der Waals surface area contributed by atoms with Crippen molar-refractivity contribution in [2.24, 2.45) is 0 Å². The number of hydrogen-bond donors (Lipinski definition) is 2. The molecule has 0 bridgehead atoms. The quantitative estimate of drug-likeness (QED) is 0.780. The van der Waals surface area contributed by atoms with Gasteiger partial charge < -0.3 is 19.6 Å². The lowest BCUT2D eigenvalue weighted by Gasteiger charge is -2.23. The van der Waals surface area contributed by atoms with Crippen LogP contribution in [0.2, 0.25) is 0 Å². The van der Waals surface area contributed by atoms with E-state index in [0.717, 1.165) is 0 Å². The van der Waals surface area contributed by atoms with Crippen molar-refractivity contribution in [2.75, 3.05) is 19.0 Å². The van der Waals surface area contributed by atoms with Gasteiger partial charge in [0, 0.05) is 19.3 Å². The van der Waals surface area contributed by atoms with E-state index in [9.17, 15) is 17.1 Å². The average Bonchev–Trinajstić information content (AvgIpc) is 2.37. The number of nitrogens with one attached hydrogen (secondary N) is 2. The molecule has 1 rings (SSSR count). The lowest BCUT2D eigenvalue weighted by atomic mass is 10.1. The van der Waals surface area contributed by atoms with Crippen molar-refractivity contribution in [2.45, 2.75) is 19.4 Å². The molecule has 0 aliphatic heterocycles. The molecule has 0 spiro atoms. The number of anilines is 1. The Morgan fingerprint density at radius 3 is 2.33 bits per heavy atom. The molecule has 0 aromatic heterocycles. The van der Waals surface area contributed by atoms with Crippen molar-refractivity contribution >= 4 is 22.2 Å². The van der Waals surface area contributed by atoms with Crippen LogP contribution in [0.25, 0.3) is 0 Å². The second-order valence-corrected chi connectivity index (χ2v) is 5.73. The zero-order valence-electron chi connectivity index (χ0n) is 11.8. The Bertz CT molecular complexity index is 586. The third-order valence-electron chi connectivity index (χ3n) is 2.54. The van der Waals surface area contributed by atoms with Crippen LogP contribution in [0, 0.1) is 0 Å². The number of carbonyl (C=O) groups is 1. The zero-order valence-corrected chi connectivity index (χ0v) is 12.7. The van der Waals surface area contributed by atoms with Crippen LogP contribution in [0.5, 0.6) is 5.75 Å². The Morgan fingerprint density at radius 2 is 1.86 bits per heavy atom. The van der Waals surface area contributed by atoms with Gasteiger partial charge in [-0.15, -0.1) is 0 Å². The molecule has 0 unspecified atom stereocenters. The van der Waals surface area contributed by atoms with E-state index in [-0.39, 0.29) is 5.75 Å². The summed E-state index contributed by atoms with van der Waals surface area (Å²) in [5, 5.41) is 5.14. The molecule has 0 aliphatic rings. The summed E-state index contributed by atoms with van der Waals surface area (Å²) in [6.07, 6.45) is 0. The Kier molecular flexibility index (Phi) is 5.50. The molecule has 21 heavy (non-hydrogen) atoms. The fourth-order valence-corrected chi connectivity index (χ4v) is 1.59. The second kappa shape index (κ2) is 6.72. The monoisotopic (exact) mass is 320 g/mol. The van der Waals surface area contributed by atoms with E-state index in [1.54, 1.807) is 0 Å². The molecule has 7 nitrogen and oxygen atoms in total. The third kappa shape index (κ3) is 6.91. The van der Waals surface area contributed by atoms with Crippen molar-refractivity contribution in [3.05, 3.63) is 24.3 Å². The lowest BCUT2D eigenvalue weighted by molar-refractivity contribution is 0.0257. The fourth-order valence-electron chi connectivity index (χ4n) is 1.25. The molecule has 1 aromatic rings. The van der Waals surface area contributed by atoms with Crippen molar-refractivity contribution < 1.29 is 26.0 Å². The van der Waals surface area contributed by atoms with Gasteiger partial charge in [-0.1, -0.05) is 3.89 Å². The highest BCUT2D eigenvalue weighted by molar-refractivity contribution is 7.81. The van der Waals surface area contributed by atoms with E-state index < -0.39 is 22.1 Å². The van der Waals surface area contributed by atoms with E-state index in [0.29, 0.717) is 12.2 Å². The van der Waals surface area contributed by atoms with Crippen LogP contribution in [-0.2, 0) is 15.2 Å². The van der Waals surface area contributed by atoms with E-state index in [2.05, 4.69) is 14.8 Å². The molecular weight excluding hydrogens is 303 g/mol. The van der Waals surface area contributed by atoms with Crippen LogP contribution in [0.3, 0.4) is 0 Å². The number of rotatable bonds is 6. The molecule has 2 N–H and O–H groups in total. The minimum atomic E-state index is -5.05. The van der Waals surface area contributed by atoms with Gasteiger partial charge >= 0.3 is 16.5 Å². The molecule has 0 fully saturated rings. The summed E-state index contributed by atoms with van der Waals surface area (Å²) < 4.78 is 42.0. The first kappa shape index (κ1) is 17.2. The highest BCUT2D eigenvalue weighted by Crippen LogP contribution is 2.17. The van der Waals surface area contributed by atoms with Crippen molar-refractivity contribution in [3.8, 4) is 5.75 Å². The van der Waals surface area contributed by atoms with Gasteiger partial charge in [0.2, 0.25) is 0 Å². The smallest absolute Gasteiger partial charge is 0.377 e. The number of amides is 2. The average molecular weight is 320 g/mol. The lowest BCUT2D eigenvalue weighted by Crippen LogP contribution is -2.41. The second-order valence-electron chi connectivity index (χ2n) is 4.77. The molecule has 1 aromatic carbocycles. The number of urea groups is 1. The van der Waals surface area contributed by atoms with Crippen LogP contribution in [0.4, 0.5) is 14.4 Å². The van der Waals surface area contributed by atoms with Crippen LogP contribution >= 0.6 is 0 Å². The highest BCUT2D eigenvalue weighted by atomic mass is 32.3. The number of hydrogen-bond acceptors (Lipinski definition) is 5. The van der Waals surface area contributed by atoms with Crippen LogP contribution in [0.1, 0.15) is 13.8 Å². The molecule has 9 heteroatoms.